The van der Waals surface area contributed by atoms with Crippen LogP contribution in [0.3, 0.4) is 0 Å². The highest BCUT2D eigenvalue weighted by atomic mass is 32.1. The zero-order valence-corrected chi connectivity index (χ0v) is 19.7. The molecule has 6 heteroatoms. The molecular formula is C27H29FN2O2S. The quantitative estimate of drug-likeness (QED) is 0.414. The SMILES string of the molecule is Cc1ccc(CN(Cc2ccc(F)cc2)C(=O)CN(CC2CC2)C(=O)Cc2ccccc2)s1. The van der Waals surface area contributed by atoms with Crippen molar-refractivity contribution in [2.24, 2.45) is 5.92 Å². The molecule has 3 aromatic rings. The van der Waals surface area contributed by atoms with Gasteiger partial charge in [-0.2, -0.15) is 0 Å². The van der Waals surface area contributed by atoms with Crippen molar-refractivity contribution in [1.29, 1.82) is 0 Å². The largest absolute Gasteiger partial charge is 0.333 e. The maximum absolute atomic E-state index is 13.5. The molecule has 0 saturated heterocycles. The third kappa shape index (κ3) is 6.99. The van der Waals surface area contributed by atoms with Crippen LogP contribution in [0, 0.1) is 18.7 Å². The summed E-state index contributed by atoms with van der Waals surface area (Å²) in [6.07, 6.45) is 2.51. The predicted octanol–water partition coefficient (Wildman–Crippen LogP) is 5.21. The van der Waals surface area contributed by atoms with Crippen LogP contribution in [0.1, 0.15) is 33.7 Å². The lowest BCUT2D eigenvalue weighted by molar-refractivity contribution is -0.141. The van der Waals surface area contributed by atoms with E-state index in [0.29, 0.717) is 32.0 Å². The van der Waals surface area contributed by atoms with Crippen LogP contribution in [0.15, 0.2) is 66.7 Å². The third-order valence-corrected chi connectivity index (χ3v) is 6.82. The molecule has 1 fully saturated rings. The van der Waals surface area contributed by atoms with E-state index in [1.54, 1.807) is 33.3 Å². The van der Waals surface area contributed by atoms with E-state index in [2.05, 4.69) is 0 Å². The standard InChI is InChI=1S/C27H29FN2O2S/c1-20-7-14-25(33-20)18-29(16-23-10-12-24(28)13-11-23)27(32)19-30(17-22-8-9-22)26(31)15-21-5-3-2-4-6-21/h2-7,10-14,22H,8-9,15-19H2,1H3. The minimum atomic E-state index is -0.298. The zero-order valence-electron chi connectivity index (χ0n) is 18.9. The zero-order chi connectivity index (χ0) is 23.2. The van der Waals surface area contributed by atoms with Gasteiger partial charge < -0.3 is 9.80 Å². The van der Waals surface area contributed by atoms with Crippen LogP contribution in [-0.2, 0) is 29.1 Å². The Morgan fingerprint density at radius 3 is 2.24 bits per heavy atom. The molecule has 1 heterocycles. The summed E-state index contributed by atoms with van der Waals surface area (Å²) in [5.74, 6) is 0.0817. The van der Waals surface area contributed by atoms with Crippen molar-refractivity contribution < 1.29 is 14.0 Å². The van der Waals surface area contributed by atoms with E-state index >= 15 is 0 Å². The van der Waals surface area contributed by atoms with Crippen molar-refractivity contribution in [3.05, 3.63) is 93.4 Å². The van der Waals surface area contributed by atoms with Crippen LogP contribution in [0.2, 0.25) is 0 Å². The molecule has 0 bridgehead atoms. The van der Waals surface area contributed by atoms with Gasteiger partial charge in [-0.1, -0.05) is 42.5 Å². The molecule has 1 aliphatic rings. The number of rotatable bonds is 10. The molecule has 2 aromatic carbocycles. The maximum Gasteiger partial charge on any atom is 0.242 e. The summed E-state index contributed by atoms with van der Waals surface area (Å²) in [5, 5.41) is 0. The van der Waals surface area contributed by atoms with E-state index in [4.69, 9.17) is 0 Å². The first-order valence-corrected chi connectivity index (χ1v) is 12.2. The maximum atomic E-state index is 13.5. The molecule has 2 amide bonds. The van der Waals surface area contributed by atoms with Gasteiger partial charge in [-0.05, 0) is 61.1 Å². The van der Waals surface area contributed by atoms with Gasteiger partial charge in [-0.25, -0.2) is 4.39 Å². The second kappa shape index (κ2) is 10.8. The Balaban J connectivity index is 1.49. The molecule has 4 nitrogen and oxygen atoms in total. The van der Waals surface area contributed by atoms with Crippen molar-refractivity contribution >= 4 is 23.2 Å². The Morgan fingerprint density at radius 1 is 0.879 bits per heavy atom. The average Bonchev–Trinajstić information content (AvgIpc) is 3.53. The number of benzene rings is 2. The fourth-order valence-corrected chi connectivity index (χ4v) is 4.72. The average molecular weight is 465 g/mol. The topological polar surface area (TPSA) is 40.6 Å². The predicted molar refractivity (Wildman–Crippen MR) is 129 cm³/mol. The summed E-state index contributed by atoms with van der Waals surface area (Å²) in [4.78, 5) is 32.3. The molecule has 0 unspecified atom stereocenters. The first-order valence-electron chi connectivity index (χ1n) is 11.4. The molecule has 0 radical (unpaired) electrons. The first kappa shape index (κ1) is 23.2. The number of thiophene rings is 1. The molecule has 33 heavy (non-hydrogen) atoms. The van der Waals surface area contributed by atoms with Gasteiger partial charge >= 0.3 is 0 Å². The molecule has 0 spiro atoms. The van der Waals surface area contributed by atoms with E-state index in [1.165, 1.54) is 17.0 Å². The van der Waals surface area contributed by atoms with E-state index in [9.17, 15) is 14.0 Å². The Bertz CT molecular complexity index is 1080. The van der Waals surface area contributed by atoms with Crippen LogP contribution in [0.4, 0.5) is 4.39 Å². The summed E-state index contributed by atoms with van der Waals surface area (Å²) >= 11 is 1.66. The highest BCUT2D eigenvalue weighted by Crippen LogP contribution is 2.30. The Hall–Kier alpha value is -2.99. The second-order valence-corrected chi connectivity index (χ2v) is 10.1. The van der Waals surface area contributed by atoms with Gasteiger partial charge in [0.2, 0.25) is 11.8 Å². The molecule has 0 aliphatic heterocycles. The molecule has 1 aliphatic carbocycles. The number of halogens is 1. The lowest BCUT2D eigenvalue weighted by atomic mass is 10.1. The number of hydrogen-bond donors (Lipinski definition) is 0. The van der Waals surface area contributed by atoms with Gasteiger partial charge in [0.1, 0.15) is 5.82 Å². The van der Waals surface area contributed by atoms with Gasteiger partial charge in [0, 0.05) is 22.8 Å². The van der Waals surface area contributed by atoms with Crippen molar-refractivity contribution in [2.75, 3.05) is 13.1 Å². The fraction of sp³-hybridized carbons (Fsp3) is 0.333. The summed E-state index contributed by atoms with van der Waals surface area (Å²) in [6, 6.07) is 20.0. The van der Waals surface area contributed by atoms with Gasteiger partial charge in [0.25, 0.3) is 0 Å². The van der Waals surface area contributed by atoms with E-state index in [1.807, 2.05) is 49.4 Å². The highest BCUT2D eigenvalue weighted by Gasteiger charge is 2.29. The van der Waals surface area contributed by atoms with Crippen LogP contribution in [0.5, 0.6) is 0 Å². The van der Waals surface area contributed by atoms with Crippen molar-refractivity contribution in [3.8, 4) is 0 Å². The number of carbonyl (C=O) groups excluding carboxylic acids is 2. The lowest BCUT2D eigenvalue weighted by Gasteiger charge is -2.28. The molecule has 4 rings (SSSR count). The Kier molecular flexibility index (Phi) is 7.55. The van der Waals surface area contributed by atoms with Gasteiger partial charge in [0.15, 0.2) is 0 Å². The van der Waals surface area contributed by atoms with Gasteiger partial charge in [-0.15, -0.1) is 11.3 Å². The Labute approximate surface area is 198 Å². The molecule has 1 saturated carbocycles. The van der Waals surface area contributed by atoms with Crippen molar-refractivity contribution in [2.45, 2.75) is 39.3 Å². The minimum absolute atomic E-state index is 0.0184. The number of carbonyl (C=O) groups is 2. The highest BCUT2D eigenvalue weighted by molar-refractivity contribution is 7.11. The van der Waals surface area contributed by atoms with Crippen LogP contribution in [0.25, 0.3) is 0 Å². The molecule has 0 N–H and O–H groups in total. The fourth-order valence-electron chi connectivity index (χ4n) is 3.81. The number of aryl methyl sites for hydroxylation is 1. The van der Waals surface area contributed by atoms with E-state index in [0.717, 1.165) is 28.8 Å². The lowest BCUT2D eigenvalue weighted by Crippen LogP contribution is -2.43. The van der Waals surface area contributed by atoms with E-state index in [-0.39, 0.29) is 24.2 Å². The Morgan fingerprint density at radius 2 is 1.61 bits per heavy atom. The summed E-state index contributed by atoms with van der Waals surface area (Å²) in [5.41, 5.74) is 1.82. The van der Waals surface area contributed by atoms with E-state index < -0.39 is 0 Å². The van der Waals surface area contributed by atoms with Crippen LogP contribution < -0.4 is 0 Å². The number of amides is 2. The number of nitrogens with zero attached hydrogens (tertiary/aromatic N) is 2. The van der Waals surface area contributed by atoms with Crippen LogP contribution in [-0.4, -0.2) is 34.7 Å². The molecule has 172 valence electrons. The minimum Gasteiger partial charge on any atom is -0.333 e. The smallest absolute Gasteiger partial charge is 0.242 e. The number of hydrogen-bond acceptors (Lipinski definition) is 3. The molecule has 1 aromatic heterocycles. The molecular weight excluding hydrogens is 435 g/mol. The van der Waals surface area contributed by atoms with Crippen molar-refractivity contribution in [1.82, 2.24) is 9.80 Å². The summed E-state index contributed by atoms with van der Waals surface area (Å²) < 4.78 is 13.4. The molecule has 0 atom stereocenters. The van der Waals surface area contributed by atoms with Gasteiger partial charge in [0.05, 0.1) is 19.5 Å². The normalized spacial score (nSPS) is 13.0. The second-order valence-electron chi connectivity index (χ2n) is 8.77. The monoisotopic (exact) mass is 464 g/mol. The first-order chi connectivity index (χ1) is 16.0. The van der Waals surface area contributed by atoms with Crippen LogP contribution >= 0.6 is 11.3 Å². The van der Waals surface area contributed by atoms with Gasteiger partial charge in [-0.3, -0.25) is 9.59 Å². The van der Waals surface area contributed by atoms with Crippen molar-refractivity contribution in [3.63, 3.8) is 0 Å². The summed E-state index contributed by atoms with van der Waals surface area (Å²) in [6.45, 7) is 3.58. The summed E-state index contributed by atoms with van der Waals surface area (Å²) in [7, 11) is 0. The third-order valence-electron chi connectivity index (χ3n) is 5.83.